The summed E-state index contributed by atoms with van der Waals surface area (Å²) < 4.78 is 7.09. The van der Waals surface area contributed by atoms with Crippen molar-refractivity contribution in [2.75, 3.05) is 13.7 Å². The maximum atomic E-state index is 5.92. The van der Waals surface area contributed by atoms with E-state index in [0.29, 0.717) is 12.0 Å². The Bertz CT molecular complexity index is 583. The molecule has 20 heavy (non-hydrogen) atoms. The van der Waals surface area contributed by atoms with E-state index in [1.165, 1.54) is 14.9 Å². The third-order valence-corrected chi connectivity index (χ3v) is 5.61. The van der Waals surface area contributed by atoms with E-state index in [2.05, 4.69) is 50.9 Å². The second-order valence-electron chi connectivity index (χ2n) is 5.21. The van der Waals surface area contributed by atoms with Crippen LogP contribution < -0.4 is 10.1 Å². The van der Waals surface area contributed by atoms with E-state index in [0.717, 1.165) is 25.2 Å². The van der Waals surface area contributed by atoms with Gasteiger partial charge in [-0.2, -0.15) is 0 Å². The molecule has 2 unspecified atom stereocenters. The summed E-state index contributed by atoms with van der Waals surface area (Å²) in [4.78, 5) is 1.41. The minimum atomic E-state index is 0.453. The Morgan fingerprint density at radius 2 is 2.30 bits per heavy atom. The molecule has 0 fully saturated rings. The van der Waals surface area contributed by atoms with Gasteiger partial charge >= 0.3 is 0 Å². The fraction of sp³-hybridized carbons (Fsp3) is 0.375. The molecule has 0 saturated carbocycles. The summed E-state index contributed by atoms with van der Waals surface area (Å²) in [5.41, 5.74) is 1.33. The van der Waals surface area contributed by atoms with Gasteiger partial charge in [0.05, 0.1) is 6.61 Å². The summed E-state index contributed by atoms with van der Waals surface area (Å²) in [6.45, 7) is 0.801. The molecule has 0 amide bonds. The minimum absolute atomic E-state index is 0.453. The van der Waals surface area contributed by atoms with Crippen LogP contribution >= 0.6 is 27.3 Å². The van der Waals surface area contributed by atoms with Gasteiger partial charge in [-0.05, 0) is 53.5 Å². The van der Waals surface area contributed by atoms with E-state index in [1.54, 1.807) is 0 Å². The number of benzene rings is 1. The summed E-state index contributed by atoms with van der Waals surface area (Å²) in [7, 11) is 2.05. The molecule has 0 radical (unpaired) electrons. The van der Waals surface area contributed by atoms with Crippen LogP contribution in [0.15, 0.2) is 40.2 Å². The first-order valence-corrected chi connectivity index (χ1v) is 8.54. The first-order chi connectivity index (χ1) is 9.76. The molecule has 1 aromatic carbocycles. The SMILES string of the molecule is CNC(Cc1cc(Br)cs1)C1COc2ccccc2C1. The number of ether oxygens (including phenoxy) is 1. The van der Waals surface area contributed by atoms with Crippen LogP contribution in [0.25, 0.3) is 0 Å². The van der Waals surface area contributed by atoms with Gasteiger partial charge in [0.1, 0.15) is 5.75 Å². The number of para-hydroxylation sites is 1. The van der Waals surface area contributed by atoms with E-state index >= 15 is 0 Å². The van der Waals surface area contributed by atoms with Crippen LogP contribution in [0, 0.1) is 5.92 Å². The van der Waals surface area contributed by atoms with Gasteiger partial charge in [0, 0.05) is 26.7 Å². The number of nitrogens with one attached hydrogen (secondary N) is 1. The lowest BCUT2D eigenvalue weighted by atomic mass is 9.88. The normalized spacial score (nSPS) is 19.2. The lowest BCUT2D eigenvalue weighted by Gasteiger charge is -2.31. The Morgan fingerprint density at radius 1 is 1.45 bits per heavy atom. The molecular formula is C16H18BrNOS. The van der Waals surface area contributed by atoms with E-state index < -0.39 is 0 Å². The summed E-state index contributed by atoms with van der Waals surface area (Å²) >= 11 is 5.34. The van der Waals surface area contributed by atoms with Gasteiger partial charge in [-0.25, -0.2) is 0 Å². The predicted octanol–water partition coefficient (Wildman–Crippen LogP) is 3.89. The molecule has 1 aliphatic rings. The molecule has 2 aromatic rings. The quantitative estimate of drug-likeness (QED) is 0.901. The largest absolute Gasteiger partial charge is 0.493 e. The maximum Gasteiger partial charge on any atom is 0.122 e. The zero-order chi connectivity index (χ0) is 13.9. The first kappa shape index (κ1) is 14.1. The Kier molecular flexibility index (Phi) is 4.44. The molecule has 2 heterocycles. The molecule has 0 bridgehead atoms. The third-order valence-electron chi connectivity index (χ3n) is 3.89. The fourth-order valence-electron chi connectivity index (χ4n) is 2.79. The molecule has 0 spiro atoms. The molecular weight excluding hydrogens is 334 g/mol. The highest BCUT2D eigenvalue weighted by Crippen LogP contribution is 2.30. The van der Waals surface area contributed by atoms with Crippen molar-refractivity contribution in [1.29, 1.82) is 0 Å². The number of hydrogen-bond donors (Lipinski definition) is 1. The highest BCUT2D eigenvalue weighted by molar-refractivity contribution is 9.10. The van der Waals surface area contributed by atoms with Crippen molar-refractivity contribution >= 4 is 27.3 Å². The molecule has 106 valence electrons. The predicted molar refractivity (Wildman–Crippen MR) is 87.7 cm³/mol. The number of halogens is 1. The van der Waals surface area contributed by atoms with Crippen LogP contribution in [0.4, 0.5) is 0 Å². The van der Waals surface area contributed by atoms with Crippen molar-refractivity contribution in [3.63, 3.8) is 0 Å². The zero-order valence-corrected chi connectivity index (χ0v) is 13.8. The van der Waals surface area contributed by atoms with Crippen LogP contribution in [0.5, 0.6) is 5.75 Å². The average molecular weight is 352 g/mol. The van der Waals surface area contributed by atoms with E-state index in [-0.39, 0.29) is 0 Å². The minimum Gasteiger partial charge on any atom is -0.493 e. The maximum absolute atomic E-state index is 5.92. The van der Waals surface area contributed by atoms with Crippen LogP contribution in [-0.2, 0) is 12.8 Å². The topological polar surface area (TPSA) is 21.3 Å². The van der Waals surface area contributed by atoms with Gasteiger partial charge in [-0.15, -0.1) is 11.3 Å². The molecule has 1 N–H and O–H groups in total. The monoisotopic (exact) mass is 351 g/mol. The third kappa shape index (κ3) is 3.08. The van der Waals surface area contributed by atoms with Gasteiger partial charge in [-0.1, -0.05) is 18.2 Å². The van der Waals surface area contributed by atoms with Gasteiger partial charge in [0.2, 0.25) is 0 Å². The average Bonchev–Trinajstić information content (AvgIpc) is 2.89. The Hall–Kier alpha value is -0.840. The highest BCUT2D eigenvalue weighted by atomic mass is 79.9. The van der Waals surface area contributed by atoms with Gasteiger partial charge in [0.25, 0.3) is 0 Å². The number of thiophene rings is 1. The summed E-state index contributed by atoms with van der Waals surface area (Å²) in [5, 5.41) is 5.62. The van der Waals surface area contributed by atoms with Crippen LogP contribution in [0.2, 0.25) is 0 Å². The molecule has 4 heteroatoms. The second-order valence-corrected chi connectivity index (χ2v) is 7.12. The molecule has 3 rings (SSSR count). The molecule has 0 saturated heterocycles. The number of fused-ring (bicyclic) bond motifs is 1. The van der Waals surface area contributed by atoms with Crippen LogP contribution in [0.3, 0.4) is 0 Å². The van der Waals surface area contributed by atoms with E-state index in [1.807, 2.05) is 24.5 Å². The van der Waals surface area contributed by atoms with Crippen molar-refractivity contribution in [2.24, 2.45) is 5.92 Å². The zero-order valence-electron chi connectivity index (χ0n) is 11.4. The van der Waals surface area contributed by atoms with Crippen molar-refractivity contribution in [3.05, 3.63) is 50.6 Å². The molecule has 2 nitrogen and oxygen atoms in total. The number of likely N-dealkylation sites (N-methyl/N-ethyl adjacent to an activating group) is 1. The Balaban J connectivity index is 1.71. The van der Waals surface area contributed by atoms with Crippen molar-refractivity contribution in [2.45, 2.75) is 18.9 Å². The second kappa shape index (κ2) is 6.29. The number of rotatable bonds is 4. The Morgan fingerprint density at radius 3 is 3.05 bits per heavy atom. The van der Waals surface area contributed by atoms with Crippen LogP contribution in [0.1, 0.15) is 10.4 Å². The van der Waals surface area contributed by atoms with Gasteiger partial charge < -0.3 is 10.1 Å². The van der Waals surface area contributed by atoms with E-state index in [9.17, 15) is 0 Å². The van der Waals surface area contributed by atoms with Gasteiger partial charge in [-0.3, -0.25) is 0 Å². The molecule has 2 atom stereocenters. The standard InChI is InChI=1S/C16H18BrNOS/c1-18-15(8-14-7-13(17)10-20-14)12-6-11-4-2-3-5-16(11)19-9-12/h2-5,7,10,12,15,18H,6,8-9H2,1H3. The fourth-order valence-corrected chi connectivity index (χ4v) is 4.30. The lowest BCUT2D eigenvalue weighted by molar-refractivity contribution is 0.187. The summed E-state index contributed by atoms with van der Waals surface area (Å²) in [6, 6.07) is 11.0. The summed E-state index contributed by atoms with van der Waals surface area (Å²) in [6.07, 6.45) is 2.15. The molecule has 1 aliphatic heterocycles. The van der Waals surface area contributed by atoms with Crippen molar-refractivity contribution in [1.82, 2.24) is 5.32 Å². The highest BCUT2D eigenvalue weighted by Gasteiger charge is 2.26. The summed E-state index contributed by atoms with van der Waals surface area (Å²) in [5.74, 6) is 1.58. The smallest absolute Gasteiger partial charge is 0.122 e. The van der Waals surface area contributed by atoms with E-state index in [4.69, 9.17) is 4.74 Å². The molecule has 0 aliphatic carbocycles. The van der Waals surface area contributed by atoms with Crippen molar-refractivity contribution < 1.29 is 4.74 Å². The Labute approximate surface area is 132 Å². The number of hydrogen-bond acceptors (Lipinski definition) is 3. The van der Waals surface area contributed by atoms with Gasteiger partial charge in [0.15, 0.2) is 0 Å². The lowest BCUT2D eigenvalue weighted by Crippen LogP contribution is -2.41. The van der Waals surface area contributed by atoms with Crippen LogP contribution in [-0.4, -0.2) is 19.7 Å². The van der Waals surface area contributed by atoms with Crippen molar-refractivity contribution in [3.8, 4) is 5.75 Å². The molecule has 1 aromatic heterocycles. The first-order valence-electron chi connectivity index (χ1n) is 6.87.